The van der Waals surface area contributed by atoms with Gasteiger partial charge in [0.05, 0.1) is 13.2 Å². The number of carbonyl (C=O) groups excluding carboxylic acids is 2. The molecule has 0 amide bonds. The van der Waals surface area contributed by atoms with Gasteiger partial charge in [0.2, 0.25) is 0 Å². The van der Waals surface area contributed by atoms with E-state index in [4.69, 9.17) is 24.8 Å². The number of phosphoric ester groups is 1. The molecule has 358 valence electrons. The lowest BCUT2D eigenvalue weighted by molar-refractivity contribution is -0.161. The number of carboxylic acids is 1. The monoisotopic (exact) mass is 894 g/mol. The van der Waals surface area contributed by atoms with Crippen molar-refractivity contribution in [2.24, 2.45) is 5.73 Å². The second kappa shape index (κ2) is 44.8. The average Bonchev–Trinajstić information content (AvgIpc) is 3.25. The van der Waals surface area contributed by atoms with Crippen molar-refractivity contribution in [3.63, 3.8) is 0 Å². The number of esters is 2. The lowest BCUT2D eigenvalue weighted by atomic mass is 10.1. The molecule has 0 heterocycles. The van der Waals surface area contributed by atoms with Gasteiger partial charge in [-0.1, -0.05) is 177 Å². The van der Waals surface area contributed by atoms with Gasteiger partial charge >= 0.3 is 25.7 Å². The maximum atomic E-state index is 12.7. The summed E-state index contributed by atoms with van der Waals surface area (Å²) in [6.45, 7) is 2.75. The topological polar surface area (TPSA) is 172 Å². The molecule has 0 aromatic heterocycles. The summed E-state index contributed by atoms with van der Waals surface area (Å²) in [7, 11) is -4.74. The standard InChI is InChI=1S/C50H88NO10P/c1-3-5-7-9-11-13-15-17-19-21-22-23-24-26-27-29-31-33-35-37-39-41-48(52)58-43-46(44-59-62(56,57)60-45-47(51)50(54)55)61-49(53)42-40-38-36-34-32-30-28-25-20-18-16-14-12-10-8-6-4-2/h18-21,23-24,27,29,33,35,46-47H,3-17,22,25-26,28,30-32,34,36-45,51H2,1-2H3,(H,54,55)(H,56,57)/b20-18+,21-19+,24-23+,29-27+,35-33+/t46-,47+/m1/s1. The highest BCUT2D eigenvalue weighted by Crippen LogP contribution is 2.43. The minimum Gasteiger partial charge on any atom is -0.480 e. The summed E-state index contributed by atoms with van der Waals surface area (Å²) in [5.41, 5.74) is 5.34. The molecule has 0 saturated carbocycles. The summed E-state index contributed by atoms with van der Waals surface area (Å²) in [6.07, 6.45) is 52.9. The molecule has 0 aliphatic carbocycles. The number of ether oxygens (including phenoxy) is 2. The van der Waals surface area contributed by atoms with Gasteiger partial charge in [-0.3, -0.25) is 23.4 Å². The third kappa shape index (κ3) is 43.8. The molecule has 0 aliphatic heterocycles. The van der Waals surface area contributed by atoms with Crippen LogP contribution in [0.3, 0.4) is 0 Å². The zero-order chi connectivity index (χ0) is 45.6. The number of carbonyl (C=O) groups is 3. The second-order valence-electron chi connectivity index (χ2n) is 16.2. The highest BCUT2D eigenvalue weighted by atomic mass is 31.2. The molecule has 1 unspecified atom stereocenters. The highest BCUT2D eigenvalue weighted by molar-refractivity contribution is 7.47. The Balaban J connectivity index is 4.40. The van der Waals surface area contributed by atoms with Crippen LogP contribution in [0.25, 0.3) is 0 Å². The van der Waals surface area contributed by atoms with Crippen LogP contribution in [0.15, 0.2) is 60.8 Å². The van der Waals surface area contributed by atoms with E-state index in [0.29, 0.717) is 19.3 Å². The Morgan fingerprint density at radius 3 is 1.34 bits per heavy atom. The molecule has 0 aromatic carbocycles. The molecule has 0 aromatic rings. The van der Waals surface area contributed by atoms with Crippen molar-refractivity contribution in [1.82, 2.24) is 0 Å². The number of hydrogen-bond acceptors (Lipinski definition) is 9. The van der Waals surface area contributed by atoms with Crippen LogP contribution in [0.5, 0.6) is 0 Å². The van der Waals surface area contributed by atoms with Crippen molar-refractivity contribution >= 4 is 25.7 Å². The fourth-order valence-electron chi connectivity index (χ4n) is 6.41. The Kier molecular flexibility index (Phi) is 42.7. The Morgan fingerprint density at radius 1 is 0.500 bits per heavy atom. The first kappa shape index (κ1) is 59.2. The van der Waals surface area contributed by atoms with E-state index in [1.165, 1.54) is 109 Å². The van der Waals surface area contributed by atoms with Gasteiger partial charge in [0, 0.05) is 12.8 Å². The van der Waals surface area contributed by atoms with Crippen LogP contribution in [0, 0.1) is 0 Å². The minimum atomic E-state index is -4.74. The average molecular weight is 894 g/mol. The van der Waals surface area contributed by atoms with Gasteiger partial charge in [0.15, 0.2) is 6.10 Å². The zero-order valence-electron chi connectivity index (χ0n) is 38.9. The molecule has 0 bridgehead atoms. The van der Waals surface area contributed by atoms with Crippen LogP contribution in [0.2, 0.25) is 0 Å². The van der Waals surface area contributed by atoms with Crippen LogP contribution in [-0.2, 0) is 37.5 Å². The smallest absolute Gasteiger partial charge is 0.472 e. The molecule has 62 heavy (non-hydrogen) atoms. The van der Waals surface area contributed by atoms with Gasteiger partial charge in [-0.25, -0.2) is 4.57 Å². The van der Waals surface area contributed by atoms with E-state index < -0.39 is 51.1 Å². The normalized spacial score (nSPS) is 14.1. The Labute approximate surface area is 377 Å². The van der Waals surface area contributed by atoms with Gasteiger partial charge in [-0.15, -0.1) is 0 Å². The number of unbranched alkanes of at least 4 members (excludes halogenated alkanes) is 21. The Morgan fingerprint density at radius 2 is 0.871 bits per heavy atom. The number of allylic oxidation sites excluding steroid dienone is 10. The summed E-state index contributed by atoms with van der Waals surface area (Å²) >= 11 is 0. The molecular weight excluding hydrogens is 806 g/mol. The highest BCUT2D eigenvalue weighted by Gasteiger charge is 2.28. The summed E-state index contributed by atoms with van der Waals surface area (Å²) < 4.78 is 32.7. The van der Waals surface area contributed by atoms with Gasteiger partial charge in [-0.05, 0) is 77.0 Å². The van der Waals surface area contributed by atoms with Crippen molar-refractivity contribution in [3.05, 3.63) is 60.8 Å². The van der Waals surface area contributed by atoms with Crippen molar-refractivity contribution in [3.8, 4) is 0 Å². The van der Waals surface area contributed by atoms with Gasteiger partial charge in [0.1, 0.15) is 12.6 Å². The van der Waals surface area contributed by atoms with Crippen LogP contribution >= 0.6 is 7.82 Å². The number of carboxylic acid groups (broad SMARTS) is 1. The number of hydrogen-bond donors (Lipinski definition) is 3. The first-order chi connectivity index (χ1) is 30.1. The van der Waals surface area contributed by atoms with Gasteiger partial charge in [0.25, 0.3) is 0 Å². The van der Waals surface area contributed by atoms with Gasteiger partial charge in [-0.2, -0.15) is 0 Å². The molecule has 11 nitrogen and oxygen atoms in total. The van der Waals surface area contributed by atoms with E-state index in [1.54, 1.807) is 0 Å². The zero-order valence-corrected chi connectivity index (χ0v) is 39.8. The lowest BCUT2D eigenvalue weighted by Crippen LogP contribution is -2.34. The molecule has 4 N–H and O–H groups in total. The van der Waals surface area contributed by atoms with E-state index >= 15 is 0 Å². The molecule has 12 heteroatoms. The van der Waals surface area contributed by atoms with E-state index in [0.717, 1.165) is 51.4 Å². The molecule has 0 fully saturated rings. The van der Waals surface area contributed by atoms with Gasteiger partial charge < -0.3 is 25.2 Å². The fraction of sp³-hybridized carbons (Fsp3) is 0.740. The number of phosphoric acid groups is 1. The maximum Gasteiger partial charge on any atom is 0.472 e. The first-order valence-electron chi connectivity index (χ1n) is 24.3. The molecule has 0 rings (SSSR count). The fourth-order valence-corrected chi connectivity index (χ4v) is 7.18. The second-order valence-corrected chi connectivity index (χ2v) is 17.7. The molecule has 0 radical (unpaired) electrons. The third-order valence-corrected chi connectivity index (χ3v) is 11.2. The van der Waals surface area contributed by atoms with E-state index in [2.05, 4.69) is 73.1 Å². The largest absolute Gasteiger partial charge is 0.480 e. The molecule has 0 saturated heterocycles. The SMILES string of the molecule is CCCCCCCC/C=C/CCCCCCCCCC(=O)O[C@H](COC(=O)CCC/C=C/C/C=C/C/C=C/C/C=C/CCCCCCCCC)COP(=O)(O)OC[C@H](N)C(=O)O. The van der Waals surface area contributed by atoms with E-state index in [-0.39, 0.29) is 19.4 Å². The van der Waals surface area contributed by atoms with Crippen molar-refractivity contribution < 1.29 is 47.5 Å². The summed E-state index contributed by atoms with van der Waals surface area (Å²) in [5, 5.41) is 8.91. The number of rotatable bonds is 45. The minimum absolute atomic E-state index is 0.143. The Hall–Kier alpha value is -2.82. The molecule has 0 spiro atoms. The maximum absolute atomic E-state index is 12.7. The van der Waals surface area contributed by atoms with Crippen molar-refractivity contribution in [2.75, 3.05) is 19.8 Å². The van der Waals surface area contributed by atoms with Crippen LogP contribution < -0.4 is 5.73 Å². The van der Waals surface area contributed by atoms with E-state index in [1.807, 2.05) is 6.08 Å². The van der Waals surface area contributed by atoms with E-state index in [9.17, 15) is 23.8 Å². The van der Waals surface area contributed by atoms with Crippen LogP contribution in [-0.4, -0.2) is 59.9 Å². The van der Waals surface area contributed by atoms with Crippen LogP contribution in [0.1, 0.15) is 206 Å². The quantitative estimate of drug-likeness (QED) is 0.0230. The molecule has 3 atom stereocenters. The Bertz CT molecular complexity index is 1280. The number of nitrogens with two attached hydrogens (primary N) is 1. The summed E-state index contributed by atoms with van der Waals surface area (Å²) in [6, 6.07) is -1.53. The van der Waals surface area contributed by atoms with Crippen molar-refractivity contribution in [2.45, 2.75) is 219 Å². The number of aliphatic carboxylic acids is 1. The molecule has 0 aliphatic rings. The first-order valence-corrected chi connectivity index (χ1v) is 25.8. The molecular formula is C50H88NO10P. The predicted molar refractivity (Wildman–Crippen MR) is 254 cm³/mol. The van der Waals surface area contributed by atoms with Crippen LogP contribution in [0.4, 0.5) is 0 Å². The summed E-state index contributed by atoms with van der Waals surface area (Å²) in [4.78, 5) is 46.1. The predicted octanol–water partition coefficient (Wildman–Crippen LogP) is 13.5. The van der Waals surface area contributed by atoms with Crippen molar-refractivity contribution in [1.29, 1.82) is 0 Å². The lowest BCUT2D eigenvalue weighted by Gasteiger charge is -2.20. The third-order valence-electron chi connectivity index (χ3n) is 10.2. The summed E-state index contributed by atoms with van der Waals surface area (Å²) in [5.74, 6) is -2.45.